The van der Waals surface area contributed by atoms with E-state index in [1.165, 1.54) is 0 Å². The molecule has 0 aliphatic carbocycles. The maximum Gasteiger partial charge on any atom is 0.166 e. The highest BCUT2D eigenvalue weighted by Gasteiger charge is 2.32. The van der Waals surface area contributed by atoms with Gasteiger partial charge in [-0.15, -0.1) is 0 Å². The number of aryl methyl sites for hydroxylation is 1. The normalized spacial score (nSPS) is 27.5. The first-order valence-corrected chi connectivity index (χ1v) is 7.91. The van der Waals surface area contributed by atoms with E-state index in [0.29, 0.717) is 6.61 Å². The van der Waals surface area contributed by atoms with Gasteiger partial charge in [0.25, 0.3) is 0 Å². The molecule has 0 aromatic heterocycles. The first-order valence-electron chi connectivity index (χ1n) is 7.91. The molecule has 1 aromatic rings. The van der Waals surface area contributed by atoms with E-state index in [4.69, 9.17) is 4.74 Å². The summed E-state index contributed by atoms with van der Waals surface area (Å²) in [5.74, 6) is 0.377. The van der Waals surface area contributed by atoms with Crippen LogP contribution in [-0.4, -0.2) is 49.7 Å². The van der Waals surface area contributed by atoms with Crippen molar-refractivity contribution in [2.75, 3.05) is 32.8 Å². The second kappa shape index (κ2) is 6.69. The van der Waals surface area contributed by atoms with Crippen molar-refractivity contribution in [1.82, 2.24) is 10.2 Å². The molecule has 0 saturated carbocycles. The second-order valence-corrected chi connectivity index (χ2v) is 6.07. The van der Waals surface area contributed by atoms with Gasteiger partial charge in [0.05, 0.1) is 0 Å². The Kier molecular flexibility index (Phi) is 4.68. The summed E-state index contributed by atoms with van der Waals surface area (Å²) in [4.78, 5) is 15.1. The van der Waals surface area contributed by atoms with Crippen LogP contribution in [0.15, 0.2) is 24.3 Å². The van der Waals surface area contributed by atoms with Gasteiger partial charge in [0, 0.05) is 44.3 Å². The summed E-state index contributed by atoms with van der Waals surface area (Å²) in [6.45, 7) is 6.76. The molecule has 4 nitrogen and oxygen atoms in total. The van der Waals surface area contributed by atoms with E-state index < -0.39 is 0 Å². The Labute approximate surface area is 126 Å². The maximum absolute atomic E-state index is 12.7. The summed E-state index contributed by atoms with van der Waals surface area (Å²) in [6.07, 6.45) is 1.78. The van der Waals surface area contributed by atoms with Crippen LogP contribution in [0.5, 0.6) is 0 Å². The van der Waals surface area contributed by atoms with Crippen molar-refractivity contribution in [3.63, 3.8) is 0 Å². The molecule has 2 heterocycles. The first-order chi connectivity index (χ1) is 10.2. The predicted molar refractivity (Wildman–Crippen MR) is 82.4 cm³/mol. The summed E-state index contributed by atoms with van der Waals surface area (Å²) in [6, 6.07) is 7.93. The molecule has 0 amide bonds. The largest absolute Gasteiger partial charge is 0.363 e. The number of benzene rings is 1. The third-order valence-electron chi connectivity index (χ3n) is 4.49. The third kappa shape index (κ3) is 3.51. The molecule has 0 spiro atoms. The minimum atomic E-state index is 0.0976. The Morgan fingerprint density at radius 2 is 2.14 bits per heavy atom. The van der Waals surface area contributed by atoms with E-state index in [1.807, 2.05) is 31.2 Å². The molecule has 2 atom stereocenters. The van der Waals surface area contributed by atoms with Crippen molar-refractivity contribution in [2.45, 2.75) is 26.0 Å². The Morgan fingerprint density at radius 1 is 1.33 bits per heavy atom. The maximum atomic E-state index is 12.7. The van der Waals surface area contributed by atoms with Crippen LogP contribution in [0.4, 0.5) is 0 Å². The van der Waals surface area contributed by atoms with Crippen molar-refractivity contribution < 1.29 is 9.53 Å². The van der Waals surface area contributed by atoms with Crippen LogP contribution in [-0.2, 0) is 4.74 Å². The minimum Gasteiger partial charge on any atom is -0.363 e. The van der Waals surface area contributed by atoms with Crippen LogP contribution < -0.4 is 5.32 Å². The summed E-state index contributed by atoms with van der Waals surface area (Å²) in [7, 11) is 0. The number of Topliss-reactive ketones (excluding diaryl/α,β-unsaturated/α-hetero) is 1. The van der Waals surface area contributed by atoms with Gasteiger partial charge in [-0.3, -0.25) is 9.69 Å². The summed E-state index contributed by atoms with van der Waals surface area (Å²) in [5.41, 5.74) is 1.99. The molecule has 2 aliphatic rings. The number of piperazine rings is 1. The van der Waals surface area contributed by atoms with Crippen LogP contribution in [0.25, 0.3) is 0 Å². The van der Waals surface area contributed by atoms with Crippen LogP contribution in [0.1, 0.15) is 28.8 Å². The molecular weight excluding hydrogens is 264 g/mol. The molecule has 2 saturated heterocycles. The number of carbonyl (C=O) groups excluding carboxylic acids is 1. The lowest BCUT2D eigenvalue weighted by molar-refractivity contribution is -0.0999. The lowest BCUT2D eigenvalue weighted by Crippen LogP contribution is -2.51. The lowest BCUT2D eigenvalue weighted by atomic mass is 9.89. The average Bonchev–Trinajstić information content (AvgIpc) is 2.55. The summed E-state index contributed by atoms with van der Waals surface area (Å²) < 4.78 is 5.90. The van der Waals surface area contributed by atoms with Crippen LogP contribution in [0.3, 0.4) is 0 Å². The number of nitrogens with zero attached hydrogens (tertiary/aromatic N) is 1. The smallest absolute Gasteiger partial charge is 0.166 e. The highest BCUT2D eigenvalue weighted by molar-refractivity contribution is 5.98. The van der Waals surface area contributed by atoms with E-state index in [9.17, 15) is 4.79 Å². The molecule has 21 heavy (non-hydrogen) atoms. The van der Waals surface area contributed by atoms with Crippen molar-refractivity contribution in [3.8, 4) is 0 Å². The van der Waals surface area contributed by atoms with Gasteiger partial charge < -0.3 is 10.1 Å². The summed E-state index contributed by atoms with van der Waals surface area (Å²) in [5, 5.41) is 3.36. The van der Waals surface area contributed by atoms with E-state index in [0.717, 1.165) is 50.1 Å². The third-order valence-corrected chi connectivity index (χ3v) is 4.49. The van der Waals surface area contributed by atoms with Crippen molar-refractivity contribution in [3.05, 3.63) is 35.4 Å². The fourth-order valence-corrected chi connectivity index (χ4v) is 3.27. The molecule has 2 aliphatic heterocycles. The topological polar surface area (TPSA) is 41.6 Å². The Hall–Kier alpha value is -1.23. The van der Waals surface area contributed by atoms with E-state index >= 15 is 0 Å². The highest BCUT2D eigenvalue weighted by Crippen LogP contribution is 2.26. The number of nitrogens with one attached hydrogen (secondary N) is 1. The van der Waals surface area contributed by atoms with Gasteiger partial charge in [0.2, 0.25) is 0 Å². The fraction of sp³-hybridized carbons (Fsp3) is 0.588. The molecule has 114 valence electrons. The minimum absolute atomic E-state index is 0.0976. The molecular formula is C17H24N2O2. The monoisotopic (exact) mass is 288 g/mol. The SMILES string of the molecule is Cc1cccc(C(=O)C2CCOC(N3CCNCC3)C2)c1. The second-order valence-electron chi connectivity index (χ2n) is 6.07. The van der Waals surface area contributed by atoms with Gasteiger partial charge in [-0.25, -0.2) is 0 Å². The molecule has 3 rings (SSSR count). The number of hydrogen-bond donors (Lipinski definition) is 1. The van der Waals surface area contributed by atoms with E-state index in [-0.39, 0.29) is 17.9 Å². The molecule has 4 heteroatoms. The molecule has 1 N–H and O–H groups in total. The predicted octanol–water partition coefficient (Wildman–Crippen LogP) is 1.84. The lowest BCUT2D eigenvalue weighted by Gasteiger charge is -2.39. The molecule has 0 bridgehead atoms. The molecule has 1 aromatic carbocycles. The van der Waals surface area contributed by atoms with Crippen molar-refractivity contribution >= 4 is 5.78 Å². The zero-order chi connectivity index (χ0) is 14.7. The quantitative estimate of drug-likeness (QED) is 0.862. The van der Waals surface area contributed by atoms with Gasteiger partial charge in [-0.1, -0.05) is 23.8 Å². The van der Waals surface area contributed by atoms with Gasteiger partial charge in [-0.05, 0) is 25.8 Å². The molecule has 2 unspecified atom stereocenters. The van der Waals surface area contributed by atoms with Crippen LogP contribution in [0.2, 0.25) is 0 Å². The molecule has 0 radical (unpaired) electrons. The van der Waals surface area contributed by atoms with Crippen LogP contribution >= 0.6 is 0 Å². The number of hydrogen-bond acceptors (Lipinski definition) is 4. The Bertz CT molecular complexity index is 497. The first kappa shape index (κ1) is 14.7. The number of ether oxygens (including phenoxy) is 1. The van der Waals surface area contributed by atoms with E-state index in [1.54, 1.807) is 0 Å². The van der Waals surface area contributed by atoms with Gasteiger partial charge in [-0.2, -0.15) is 0 Å². The van der Waals surface area contributed by atoms with Crippen molar-refractivity contribution in [2.24, 2.45) is 5.92 Å². The zero-order valence-electron chi connectivity index (χ0n) is 12.7. The standard InChI is InChI=1S/C17H24N2O2/c1-13-3-2-4-14(11-13)17(20)15-5-10-21-16(12-15)19-8-6-18-7-9-19/h2-4,11,15-16,18H,5-10,12H2,1H3. The zero-order valence-corrected chi connectivity index (χ0v) is 12.7. The highest BCUT2D eigenvalue weighted by atomic mass is 16.5. The number of rotatable bonds is 3. The van der Waals surface area contributed by atoms with Crippen molar-refractivity contribution in [1.29, 1.82) is 0 Å². The fourth-order valence-electron chi connectivity index (χ4n) is 3.27. The van der Waals surface area contributed by atoms with Gasteiger partial charge in [0.1, 0.15) is 6.23 Å². The van der Waals surface area contributed by atoms with Gasteiger partial charge in [0.15, 0.2) is 5.78 Å². The van der Waals surface area contributed by atoms with E-state index in [2.05, 4.69) is 10.2 Å². The number of ketones is 1. The molecule has 2 fully saturated rings. The average molecular weight is 288 g/mol. The van der Waals surface area contributed by atoms with Crippen LogP contribution in [0, 0.1) is 12.8 Å². The number of carbonyl (C=O) groups is 1. The summed E-state index contributed by atoms with van der Waals surface area (Å²) >= 11 is 0. The van der Waals surface area contributed by atoms with Gasteiger partial charge >= 0.3 is 0 Å². The Balaban J connectivity index is 1.66. The Morgan fingerprint density at radius 3 is 2.90 bits per heavy atom.